The molecule has 29 heavy (non-hydrogen) atoms. The highest BCUT2D eigenvalue weighted by Gasteiger charge is 2.29. The normalized spacial score (nSPS) is 20.1. The average Bonchev–Trinajstić information content (AvgIpc) is 2.78. The summed E-state index contributed by atoms with van der Waals surface area (Å²) in [7, 11) is -1.83. The molecule has 0 spiro atoms. The van der Waals surface area contributed by atoms with Gasteiger partial charge in [-0.2, -0.15) is 4.31 Å². The van der Waals surface area contributed by atoms with Crippen LogP contribution in [0.4, 0.5) is 0 Å². The van der Waals surface area contributed by atoms with Crippen LogP contribution in [0.5, 0.6) is 0 Å². The molecule has 0 N–H and O–H groups in total. The molecule has 1 atom stereocenters. The highest BCUT2D eigenvalue weighted by molar-refractivity contribution is 7.89. The van der Waals surface area contributed by atoms with Crippen LogP contribution in [0.15, 0.2) is 53.4 Å². The van der Waals surface area contributed by atoms with E-state index in [4.69, 9.17) is 4.74 Å². The van der Waals surface area contributed by atoms with E-state index in [-0.39, 0.29) is 16.8 Å². The topological polar surface area (TPSA) is 66.9 Å². The number of aryl methyl sites for hydroxylation is 1. The maximum absolute atomic E-state index is 13.2. The quantitative estimate of drug-likeness (QED) is 0.772. The van der Waals surface area contributed by atoms with Crippen LogP contribution in [0.25, 0.3) is 0 Å². The molecule has 2 aromatic carbocycles. The summed E-state index contributed by atoms with van der Waals surface area (Å²) < 4.78 is 32.6. The molecule has 1 saturated heterocycles. The molecule has 7 heteroatoms. The molecule has 1 fully saturated rings. The number of hydrogen-bond donors (Lipinski definition) is 0. The van der Waals surface area contributed by atoms with Gasteiger partial charge in [0.05, 0.1) is 24.2 Å². The first kappa shape index (κ1) is 20.1. The zero-order chi connectivity index (χ0) is 20.4. The second-order valence-electron chi connectivity index (χ2n) is 7.57. The number of carbonyl (C=O) groups is 1. The third-order valence-corrected chi connectivity index (χ3v) is 7.71. The molecular weight excluding hydrogens is 388 g/mol. The first-order valence-corrected chi connectivity index (χ1v) is 11.5. The van der Waals surface area contributed by atoms with Crippen molar-refractivity contribution in [1.82, 2.24) is 9.21 Å². The van der Waals surface area contributed by atoms with Crippen molar-refractivity contribution < 1.29 is 17.9 Å². The molecule has 154 valence electrons. The zero-order valence-electron chi connectivity index (χ0n) is 16.6. The molecule has 6 nitrogen and oxygen atoms in total. The van der Waals surface area contributed by atoms with Gasteiger partial charge in [-0.25, -0.2) is 8.42 Å². The van der Waals surface area contributed by atoms with E-state index in [0.29, 0.717) is 31.9 Å². The Morgan fingerprint density at radius 3 is 2.66 bits per heavy atom. The Bertz CT molecular complexity index is 999. The minimum absolute atomic E-state index is 0.00644. The number of hydrogen-bond acceptors (Lipinski definition) is 4. The standard InChI is InChI=1S/C22H26N2O4S/c1-23(21-11-5-7-17-6-2-3-10-20(17)21)22(25)18-8-4-9-19(16-18)29(26,27)24-12-14-28-15-13-24/h2-4,6,8-10,16,21H,5,7,11-15H2,1H3. The third-order valence-electron chi connectivity index (χ3n) is 5.81. The van der Waals surface area contributed by atoms with E-state index in [1.165, 1.54) is 21.5 Å². The van der Waals surface area contributed by atoms with Gasteiger partial charge in [-0.1, -0.05) is 30.3 Å². The van der Waals surface area contributed by atoms with Crippen molar-refractivity contribution in [2.75, 3.05) is 33.4 Å². The third kappa shape index (κ3) is 3.95. The summed E-state index contributed by atoms with van der Waals surface area (Å²) in [6.45, 7) is 1.45. The maximum atomic E-state index is 13.2. The fourth-order valence-electron chi connectivity index (χ4n) is 4.20. The van der Waals surface area contributed by atoms with Gasteiger partial charge >= 0.3 is 0 Å². The van der Waals surface area contributed by atoms with Gasteiger partial charge in [0.2, 0.25) is 10.0 Å². The second-order valence-corrected chi connectivity index (χ2v) is 9.51. The first-order chi connectivity index (χ1) is 14.0. The lowest BCUT2D eigenvalue weighted by Gasteiger charge is -2.33. The Labute approximate surface area is 172 Å². The number of ether oxygens (including phenoxy) is 1. The van der Waals surface area contributed by atoms with Gasteiger partial charge in [0.25, 0.3) is 5.91 Å². The number of nitrogens with zero attached hydrogens (tertiary/aromatic N) is 2. The molecular formula is C22H26N2O4S. The maximum Gasteiger partial charge on any atom is 0.254 e. The Balaban J connectivity index is 1.59. The van der Waals surface area contributed by atoms with Gasteiger partial charge in [-0.15, -0.1) is 0 Å². The van der Waals surface area contributed by atoms with Crippen molar-refractivity contribution in [3.8, 4) is 0 Å². The van der Waals surface area contributed by atoms with Gasteiger partial charge in [0.1, 0.15) is 0 Å². The van der Waals surface area contributed by atoms with Gasteiger partial charge in [0.15, 0.2) is 0 Å². The summed E-state index contributed by atoms with van der Waals surface area (Å²) in [5.74, 6) is -0.161. The zero-order valence-corrected chi connectivity index (χ0v) is 17.4. The predicted molar refractivity (Wildman–Crippen MR) is 110 cm³/mol. The summed E-state index contributed by atoms with van der Waals surface area (Å²) >= 11 is 0. The molecule has 0 bridgehead atoms. The molecule has 2 aromatic rings. The molecule has 0 aromatic heterocycles. The smallest absolute Gasteiger partial charge is 0.254 e. The molecule has 2 aliphatic rings. The largest absolute Gasteiger partial charge is 0.379 e. The number of amides is 1. The Morgan fingerprint density at radius 1 is 1.10 bits per heavy atom. The molecule has 1 aliphatic carbocycles. The lowest BCUT2D eigenvalue weighted by Crippen LogP contribution is -2.40. The minimum atomic E-state index is -3.63. The number of rotatable bonds is 4. The number of morpholine rings is 1. The molecule has 0 saturated carbocycles. The van der Waals surface area contributed by atoms with Crippen molar-refractivity contribution in [1.29, 1.82) is 0 Å². The van der Waals surface area contributed by atoms with Gasteiger partial charge in [-0.3, -0.25) is 4.79 Å². The lowest BCUT2D eigenvalue weighted by atomic mass is 9.87. The highest BCUT2D eigenvalue weighted by atomic mass is 32.2. The van der Waals surface area contributed by atoms with Gasteiger partial charge in [0, 0.05) is 25.7 Å². The van der Waals surface area contributed by atoms with E-state index in [1.807, 2.05) is 12.1 Å². The van der Waals surface area contributed by atoms with Crippen LogP contribution in [0.3, 0.4) is 0 Å². The monoisotopic (exact) mass is 414 g/mol. The van der Waals surface area contributed by atoms with E-state index < -0.39 is 10.0 Å². The van der Waals surface area contributed by atoms with Crippen LogP contribution in [0.2, 0.25) is 0 Å². The minimum Gasteiger partial charge on any atom is -0.379 e. The Kier molecular flexibility index (Phi) is 5.72. The van der Waals surface area contributed by atoms with Crippen LogP contribution in [0.1, 0.15) is 40.4 Å². The van der Waals surface area contributed by atoms with E-state index in [9.17, 15) is 13.2 Å². The molecule has 0 radical (unpaired) electrons. The summed E-state index contributed by atoms with van der Waals surface area (Å²) in [5.41, 5.74) is 2.86. The van der Waals surface area contributed by atoms with Crippen LogP contribution >= 0.6 is 0 Å². The first-order valence-electron chi connectivity index (χ1n) is 10.0. The molecule has 1 amide bonds. The van der Waals surface area contributed by atoms with Crippen molar-refractivity contribution in [2.24, 2.45) is 0 Å². The number of benzene rings is 2. The van der Waals surface area contributed by atoms with Crippen LogP contribution < -0.4 is 0 Å². The Morgan fingerprint density at radius 2 is 1.86 bits per heavy atom. The van der Waals surface area contributed by atoms with Crippen LogP contribution in [0, 0.1) is 0 Å². The summed E-state index contributed by atoms with van der Waals surface area (Å²) in [4.78, 5) is 15.1. The Hall–Kier alpha value is -2.22. The SMILES string of the molecule is CN(C(=O)c1cccc(S(=O)(=O)N2CCOCC2)c1)C1CCCc2ccccc21. The summed E-state index contributed by atoms with van der Waals surface area (Å²) in [6.07, 6.45) is 2.97. The molecule has 1 unspecified atom stereocenters. The fourth-order valence-corrected chi connectivity index (χ4v) is 5.66. The van der Waals surface area contributed by atoms with Crippen LogP contribution in [-0.4, -0.2) is 56.9 Å². The fraction of sp³-hybridized carbons (Fsp3) is 0.409. The lowest BCUT2D eigenvalue weighted by molar-refractivity contribution is 0.0713. The van der Waals surface area contributed by atoms with Gasteiger partial charge < -0.3 is 9.64 Å². The summed E-state index contributed by atoms with van der Waals surface area (Å²) in [6, 6.07) is 14.6. The van der Waals surface area contributed by atoms with E-state index >= 15 is 0 Å². The number of fused-ring (bicyclic) bond motifs is 1. The molecule has 1 heterocycles. The van der Waals surface area contributed by atoms with Crippen molar-refractivity contribution in [2.45, 2.75) is 30.2 Å². The highest BCUT2D eigenvalue weighted by Crippen LogP contribution is 2.34. The molecule has 4 rings (SSSR count). The van der Waals surface area contributed by atoms with Gasteiger partial charge in [-0.05, 0) is 48.6 Å². The van der Waals surface area contributed by atoms with E-state index in [0.717, 1.165) is 19.3 Å². The average molecular weight is 415 g/mol. The van der Waals surface area contributed by atoms with E-state index in [1.54, 1.807) is 30.1 Å². The van der Waals surface area contributed by atoms with E-state index in [2.05, 4.69) is 12.1 Å². The number of sulfonamides is 1. The van der Waals surface area contributed by atoms with Crippen molar-refractivity contribution in [3.63, 3.8) is 0 Å². The summed E-state index contributed by atoms with van der Waals surface area (Å²) in [5, 5.41) is 0. The second kappa shape index (κ2) is 8.26. The number of carbonyl (C=O) groups excluding carboxylic acids is 1. The molecule has 1 aliphatic heterocycles. The van der Waals surface area contributed by atoms with Crippen LogP contribution in [-0.2, 0) is 21.2 Å². The van der Waals surface area contributed by atoms with Crippen molar-refractivity contribution >= 4 is 15.9 Å². The van der Waals surface area contributed by atoms with Crippen molar-refractivity contribution in [3.05, 3.63) is 65.2 Å². The predicted octanol–water partition coefficient (Wildman–Crippen LogP) is 2.86.